The van der Waals surface area contributed by atoms with Crippen LogP contribution >= 0.6 is 0 Å². The van der Waals surface area contributed by atoms with Crippen LogP contribution in [0.2, 0.25) is 0 Å². The zero-order chi connectivity index (χ0) is 10.7. The second-order valence-corrected chi connectivity index (χ2v) is 4.25. The second kappa shape index (κ2) is 4.60. The summed E-state index contributed by atoms with van der Waals surface area (Å²) in [5, 5.41) is 0. The smallest absolute Gasteiger partial charge is 0.246 e. The number of carbonyl (C=O) groups is 1. The van der Waals surface area contributed by atoms with Crippen molar-refractivity contribution in [2.24, 2.45) is 17.6 Å². The molecular weight excluding hydrogens is 176 g/mol. The van der Waals surface area contributed by atoms with E-state index < -0.39 is 0 Å². The van der Waals surface area contributed by atoms with Gasteiger partial charge in [0.05, 0.1) is 0 Å². The van der Waals surface area contributed by atoms with Crippen LogP contribution in [0.25, 0.3) is 0 Å². The van der Waals surface area contributed by atoms with Gasteiger partial charge in [0.15, 0.2) is 0 Å². The average Bonchev–Trinajstić information content (AvgIpc) is 2.17. The highest BCUT2D eigenvalue weighted by Crippen LogP contribution is 2.26. The third kappa shape index (κ3) is 2.15. The summed E-state index contributed by atoms with van der Waals surface area (Å²) in [7, 11) is 0. The summed E-state index contributed by atoms with van der Waals surface area (Å²) in [6, 6.07) is 0.318. The first-order valence-electron chi connectivity index (χ1n) is 5.23. The topological polar surface area (TPSA) is 46.3 Å². The van der Waals surface area contributed by atoms with Crippen LogP contribution in [0, 0.1) is 11.8 Å². The van der Waals surface area contributed by atoms with Crippen LogP contribution in [0.15, 0.2) is 12.7 Å². The minimum Gasteiger partial charge on any atom is -0.336 e. The summed E-state index contributed by atoms with van der Waals surface area (Å²) in [4.78, 5) is 13.4. The molecular formula is C11H20N2O. The minimum absolute atomic E-state index is 0.0304. The first kappa shape index (κ1) is 11.2. The molecule has 80 valence electrons. The van der Waals surface area contributed by atoms with Crippen molar-refractivity contribution in [3.05, 3.63) is 12.7 Å². The Morgan fingerprint density at radius 3 is 2.79 bits per heavy atom. The van der Waals surface area contributed by atoms with Crippen molar-refractivity contribution in [2.75, 3.05) is 13.1 Å². The summed E-state index contributed by atoms with van der Waals surface area (Å²) in [5.41, 5.74) is 5.68. The van der Waals surface area contributed by atoms with Crippen LogP contribution < -0.4 is 5.73 Å². The van der Waals surface area contributed by atoms with E-state index in [1.807, 2.05) is 4.90 Å². The number of carbonyl (C=O) groups excluding carboxylic acids is 1. The number of hydrogen-bond acceptors (Lipinski definition) is 2. The fourth-order valence-electron chi connectivity index (χ4n) is 2.20. The average molecular weight is 196 g/mol. The SMILES string of the molecule is C=CC(=O)N1CC(CN)C(C)CC1C. The van der Waals surface area contributed by atoms with E-state index in [0.29, 0.717) is 24.4 Å². The van der Waals surface area contributed by atoms with E-state index in [2.05, 4.69) is 20.4 Å². The molecule has 0 saturated carbocycles. The summed E-state index contributed by atoms with van der Waals surface area (Å²) in [6.45, 7) is 9.26. The second-order valence-electron chi connectivity index (χ2n) is 4.25. The normalized spacial score (nSPS) is 32.8. The lowest BCUT2D eigenvalue weighted by Crippen LogP contribution is -2.49. The lowest BCUT2D eigenvalue weighted by atomic mass is 9.83. The third-order valence-electron chi connectivity index (χ3n) is 3.24. The maximum absolute atomic E-state index is 11.5. The largest absolute Gasteiger partial charge is 0.336 e. The Hall–Kier alpha value is -0.830. The molecule has 2 N–H and O–H groups in total. The molecule has 1 aliphatic rings. The maximum atomic E-state index is 11.5. The van der Waals surface area contributed by atoms with Gasteiger partial charge in [0.2, 0.25) is 5.91 Å². The quantitative estimate of drug-likeness (QED) is 0.670. The van der Waals surface area contributed by atoms with Crippen LogP contribution in [0.1, 0.15) is 20.3 Å². The molecule has 1 heterocycles. The van der Waals surface area contributed by atoms with Gasteiger partial charge in [-0.2, -0.15) is 0 Å². The molecule has 1 saturated heterocycles. The van der Waals surface area contributed by atoms with E-state index in [1.165, 1.54) is 6.08 Å². The Morgan fingerprint density at radius 2 is 2.29 bits per heavy atom. The van der Waals surface area contributed by atoms with E-state index in [9.17, 15) is 4.79 Å². The molecule has 0 aromatic heterocycles. The van der Waals surface area contributed by atoms with Crippen molar-refractivity contribution in [3.63, 3.8) is 0 Å². The van der Waals surface area contributed by atoms with Gasteiger partial charge in [0.1, 0.15) is 0 Å². The molecule has 1 aliphatic heterocycles. The Kier molecular flexibility index (Phi) is 3.69. The zero-order valence-electron chi connectivity index (χ0n) is 9.07. The van der Waals surface area contributed by atoms with Gasteiger partial charge in [0.25, 0.3) is 0 Å². The van der Waals surface area contributed by atoms with Gasteiger partial charge >= 0.3 is 0 Å². The van der Waals surface area contributed by atoms with Gasteiger partial charge in [-0.1, -0.05) is 13.5 Å². The molecule has 0 spiro atoms. The molecule has 1 amide bonds. The van der Waals surface area contributed by atoms with Crippen molar-refractivity contribution >= 4 is 5.91 Å². The van der Waals surface area contributed by atoms with E-state index in [1.54, 1.807) is 0 Å². The van der Waals surface area contributed by atoms with Gasteiger partial charge in [-0.25, -0.2) is 0 Å². The van der Waals surface area contributed by atoms with Crippen molar-refractivity contribution in [1.29, 1.82) is 0 Å². The van der Waals surface area contributed by atoms with Gasteiger partial charge in [-0.3, -0.25) is 4.79 Å². The number of piperidine rings is 1. The monoisotopic (exact) mass is 196 g/mol. The molecule has 1 fully saturated rings. The number of amides is 1. The molecule has 14 heavy (non-hydrogen) atoms. The van der Waals surface area contributed by atoms with E-state index in [-0.39, 0.29) is 5.91 Å². The molecule has 0 aliphatic carbocycles. The molecule has 0 aromatic rings. The standard InChI is InChI=1S/C11H20N2O/c1-4-11(14)13-7-10(6-12)8(2)5-9(13)3/h4,8-10H,1,5-7,12H2,2-3H3. The summed E-state index contributed by atoms with van der Waals surface area (Å²) < 4.78 is 0. The van der Waals surface area contributed by atoms with Crippen LogP contribution in [0.3, 0.4) is 0 Å². The van der Waals surface area contributed by atoms with Gasteiger partial charge < -0.3 is 10.6 Å². The highest BCUT2D eigenvalue weighted by Gasteiger charge is 2.31. The van der Waals surface area contributed by atoms with Crippen LogP contribution in [0.4, 0.5) is 0 Å². The van der Waals surface area contributed by atoms with Gasteiger partial charge in [-0.15, -0.1) is 0 Å². The number of nitrogens with two attached hydrogens (primary N) is 1. The number of likely N-dealkylation sites (tertiary alicyclic amines) is 1. The molecule has 0 radical (unpaired) electrons. The first-order chi connectivity index (χ1) is 6.60. The molecule has 0 bridgehead atoms. The summed E-state index contributed by atoms with van der Waals surface area (Å²) in [6.07, 6.45) is 2.43. The first-order valence-corrected chi connectivity index (χ1v) is 5.23. The van der Waals surface area contributed by atoms with E-state index >= 15 is 0 Å². The molecule has 3 atom stereocenters. The number of nitrogens with zero attached hydrogens (tertiary/aromatic N) is 1. The highest BCUT2D eigenvalue weighted by molar-refractivity contribution is 5.87. The highest BCUT2D eigenvalue weighted by atomic mass is 16.2. The number of hydrogen-bond donors (Lipinski definition) is 1. The molecule has 3 nitrogen and oxygen atoms in total. The lowest BCUT2D eigenvalue weighted by Gasteiger charge is -2.41. The van der Waals surface area contributed by atoms with Crippen molar-refractivity contribution in [3.8, 4) is 0 Å². The van der Waals surface area contributed by atoms with E-state index in [4.69, 9.17) is 5.73 Å². The van der Waals surface area contributed by atoms with Crippen LogP contribution in [0.5, 0.6) is 0 Å². The van der Waals surface area contributed by atoms with Gasteiger partial charge in [0, 0.05) is 12.6 Å². The Morgan fingerprint density at radius 1 is 1.64 bits per heavy atom. The summed E-state index contributed by atoms with van der Waals surface area (Å²) >= 11 is 0. The van der Waals surface area contributed by atoms with Crippen molar-refractivity contribution in [1.82, 2.24) is 4.90 Å². The minimum atomic E-state index is 0.0304. The lowest BCUT2D eigenvalue weighted by molar-refractivity contribution is -0.131. The molecule has 1 rings (SSSR count). The maximum Gasteiger partial charge on any atom is 0.246 e. The Balaban J connectivity index is 2.68. The molecule has 3 unspecified atom stereocenters. The predicted octanol–water partition coefficient (Wildman–Crippen LogP) is 1.00. The fourth-order valence-corrected chi connectivity index (χ4v) is 2.20. The van der Waals surface area contributed by atoms with Gasteiger partial charge in [-0.05, 0) is 37.8 Å². The van der Waals surface area contributed by atoms with Crippen molar-refractivity contribution < 1.29 is 4.79 Å². The summed E-state index contributed by atoms with van der Waals surface area (Å²) in [5.74, 6) is 1.09. The van der Waals surface area contributed by atoms with E-state index in [0.717, 1.165) is 13.0 Å². The zero-order valence-corrected chi connectivity index (χ0v) is 9.07. The third-order valence-corrected chi connectivity index (χ3v) is 3.24. The predicted molar refractivity (Wildman–Crippen MR) is 57.7 cm³/mol. The molecule has 0 aromatic carbocycles. The Bertz CT molecular complexity index is 227. The van der Waals surface area contributed by atoms with Crippen LogP contribution in [-0.4, -0.2) is 29.9 Å². The number of rotatable bonds is 2. The van der Waals surface area contributed by atoms with Crippen molar-refractivity contribution in [2.45, 2.75) is 26.3 Å². The fraction of sp³-hybridized carbons (Fsp3) is 0.727. The van der Waals surface area contributed by atoms with Crippen LogP contribution in [-0.2, 0) is 4.79 Å². The molecule has 3 heteroatoms. The Labute approximate surface area is 86.0 Å².